The number of hydrogen-bond donors (Lipinski definition) is 3. The fourth-order valence-electron chi connectivity index (χ4n) is 10.2. The second-order valence-corrected chi connectivity index (χ2v) is 22.1. The third kappa shape index (κ3) is 55.9. The number of nitrogens with one attached hydrogen (secondary N) is 1. The van der Waals surface area contributed by atoms with Crippen molar-refractivity contribution < 1.29 is 24.5 Å². The molecule has 0 aromatic carbocycles. The van der Waals surface area contributed by atoms with Gasteiger partial charge in [-0.15, -0.1) is 0 Å². The van der Waals surface area contributed by atoms with Gasteiger partial charge in [0.15, 0.2) is 0 Å². The van der Waals surface area contributed by atoms with Crippen LogP contribution in [0.1, 0.15) is 361 Å². The minimum absolute atomic E-state index is 0.00600. The van der Waals surface area contributed by atoms with Gasteiger partial charge >= 0.3 is 5.97 Å². The lowest BCUT2D eigenvalue weighted by molar-refractivity contribution is -0.143. The van der Waals surface area contributed by atoms with Gasteiger partial charge in [-0.2, -0.15) is 0 Å². The Bertz CT molecular complexity index is 1050. The first-order chi connectivity index (χ1) is 34.5. The van der Waals surface area contributed by atoms with Gasteiger partial charge in [-0.3, -0.25) is 9.59 Å². The van der Waals surface area contributed by atoms with Gasteiger partial charge in [0.25, 0.3) is 0 Å². The maximum Gasteiger partial charge on any atom is 0.305 e. The summed E-state index contributed by atoms with van der Waals surface area (Å²) in [7, 11) is 0. The number of amides is 1. The van der Waals surface area contributed by atoms with E-state index in [2.05, 4.69) is 19.2 Å². The third-order valence-corrected chi connectivity index (χ3v) is 15.1. The predicted octanol–water partition coefficient (Wildman–Crippen LogP) is 20.0. The highest BCUT2D eigenvalue weighted by molar-refractivity contribution is 5.76. The monoisotopic (exact) mass is 988 g/mol. The molecule has 0 aromatic heterocycles. The number of carbonyl (C=O) groups is 2. The van der Waals surface area contributed by atoms with E-state index in [1.165, 1.54) is 276 Å². The smallest absolute Gasteiger partial charge is 0.305 e. The van der Waals surface area contributed by atoms with Crippen LogP contribution in [0.4, 0.5) is 0 Å². The van der Waals surface area contributed by atoms with Crippen LogP contribution < -0.4 is 5.32 Å². The Labute approximate surface area is 438 Å². The predicted molar refractivity (Wildman–Crippen MR) is 306 cm³/mol. The van der Waals surface area contributed by atoms with E-state index in [1.54, 1.807) is 6.08 Å². The van der Waals surface area contributed by atoms with E-state index in [0.717, 1.165) is 57.8 Å². The first-order valence-electron chi connectivity index (χ1n) is 32.0. The molecular formula is C64H125NO5. The Balaban J connectivity index is 3.46. The summed E-state index contributed by atoms with van der Waals surface area (Å²) in [5.41, 5.74) is 0. The zero-order chi connectivity index (χ0) is 50.7. The van der Waals surface area contributed by atoms with Gasteiger partial charge in [0.05, 0.1) is 25.4 Å². The number of carbonyl (C=O) groups excluding carboxylic acids is 2. The number of hydrogen-bond acceptors (Lipinski definition) is 5. The lowest BCUT2D eigenvalue weighted by Gasteiger charge is -2.20. The fourth-order valence-corrected chi connectivity index (χ4v) is 10.2. The minimum atomic E-state index is -0.855. The van der Waals surface area contributed by atoms with E-state index in [1.807, 2.05) is 6.08 Å². The summed E-state index contributed by atoms with van der Waals surface area (Å²) >= 11 is 0. The normalized spacial score (nSPS) is 12.6. The summed E-state index contributed by atoms with van der Waals surface area (Å²) < 4.78 is 5.48. The molecule has 0 radical (unpaired) electrons. The van der Waals surface area contributed by atoms with Gasteiger partial charge in [-0.25, -0.2) is 0 Å². The van der Waals surface area contributed by atoms with Crippen LogP contribution in [0.25, 0.3) is 0 Å². The molecule has 0 bridgehead atoms. The zero-order valence-electron chi connectivity index (χ0n) is 47.5. The molecular weight excluding hydrogens is 863 g/mol. The summed E-state index contributed by atoms with van der Waals surface area (Å²) in [6, 6.07) is -0.640. The van der Waals surface area contributed by atoms with Crippen molar-refractivity contribution in [3.63, 3.8) is 0 Å². The zero-order valence-corrected chi connectivity index (χ0v) is 47.5. The van der Waals surface area contributed by atoms with Crippen molar-refractivity contribution >= 4 is 11.9 Å². The average molecular weight is 989 g/mol. The Hall–Kier alpha value is -1.40. The van der Waals surface area contributed by atoms with Crippen molar-refractivity contribution in [3.05, 3.63) is 12.2 Å². The van der Waals surface area contributed by atoms with E-state index >= 15 is 0 Å². The largest absolute Gasteiger partial charge is 0.466 e. The molecule has 3 N–H and O–H groups in total. The quantitative estimate of drug-likeness (QED) is 0.0321. The maximum absolute atomic E-state index is 12.5. The molecule has 0 heterocycles. The Morgan fingerprint density at radius 3 is 0.971 bits per heavy atom. The molecule has 0 aliphatic rings. The molecule has 416 valence electrons. The number of aliphatic hydroxyl groups excluding tert-OH is 2. The van der Waals surface area contributed by atoms with Gasteiger partial charge in [-0.05, 0) is 32.1 Å². The van der Waals surface area contributed by atoms with Gasteiger partial charge in [-0.1, -0.05) is 328 Å². The first-order valence-corrected chi connectivity index (χ1v) is 32.0. The molecule has 0 saturated carbocycles. The number of allylic oxidation sites excluding steroid dienone is 1. The maximum atomic E-state index is 12.5. The molecule has 6 nitrogen and oxygen atoms in total. The number of ether oxygens (including phenoxy) is 1. The van der Waals surface area contributed by atoms with E-state index in [4.69, 9.17) is 4.74 Å². The summed E-state index contributed by atoms with van der Waals surface area (Å²) in [6.45, 7) is 4.91. The van der Waals surface area contributed by atoms with Gasteiger partial charge < -0.3 is 20.3 Å². The summed E-state index contributed by atoms with van der Waals surface area (Å²) in [4.78, 5) is 24.6. The Morgan fingerprint density at radius 1 is 0.386 bits per heavy atom. The van der Waals surface area contributed by atoms with Gasteiger partial charge in [0, 0.05) is 12.8 Å². The van der Waals surface area contributed by atoms with Crippen LogP contribution in [0.2, 0.25) is 0 Å². The van der Waals surface area contributed by atoms with Crippen molar-refractivity contribution in [3.8, 4) is 0 Å². The second-order valence-electron chi connectivity index (χ2n) is 22.1. The summed E-state index contributed by atoms with van der Waals surface area (Å²) in [5, 5.41) is 23.2. The van der Waals surface area contributed by atoms with Crippen LogP contribution in [0.5, 0.6) is 0 Å². The molecule has 70 heavy (non-hydrogen) atoms. The number of unbranched alkanes of at least 4 members (excludes halogenated alkanes) is 49. The SMILES string of the molecule is CCCCCCCCCCCCCCCCCCCCCCCCC/C=C/C(O)C(CO)NC(=O)CCCCCCCCCCCCCCOC(=O)CCCCCCCCCCCCCCCCCC. The summed E-state index contributed by atoms with van der Waals surface area (Å²) in [6.07, 6.45) is 72.5. The van der Waals surface area contributed by atoms with Crippen LogP contribution in [0, 0.1) is 0 Å². The molecule has 0 aliphatic carbocycles. The van der Waals surface area contributed by atoms with Crippen LogP contribution in [-0.4, -0.2) is 47.4 Å². The van der Waals surface area contributed by atoms with Crippen molar-refractivity contribution in [2.45, 2.75) is 373 Å². The minimum Gasteiger partial charge on any atom is -0.466 e. The second kappa shape index (κ2) is 60.2. The fraction of sp³-hybridized carbons (Fsp3) is 0.938. The van der Waals surface area contributed by atoms with Crippen LogP contribution in [0.15, 0.2) is 12.2 Å². The van der Waals surface area contributed by atoms with E-state index in [0.29, 0.717) is 19.4 Å². The number of rotatable bonds is 60. The average Bonchev–Trinajstić information content (AvgIpc) is 3.36. The third-order valence-electron chi connectivity index (χ3n) is 15.1. The molecule has 0 aliphatic heterocycles. The molecule has 1 amide bonds. The molecule has 6 heteroatoms. The Kier molecular flexibility index (Phi) is 59.0. The lowest BCUT2D eigenvalue weighted by Crippen LogP contribution is -2.45. The van der Waals surface area contributed by atoms with Crippen molar-refractivity contribution in [2.75, 3.05) is 13.2 Å². The van der Waals surface area contributed by atoms with E-state index < -0.39 is 12.1 Å². The topological polar surface area (TPSA) is 95.9 Å². The standard InChI is InChI=1S/C64H125NO5/c1-3-5-7-9-11-13-15-17-19-21-22-23-24-25-26-27-28-29-30-32-36-40-44-48-52-56-62(67)61(60-66)65-63(68)57-53-49-45-41-37-34-35-39-43-47-51-55-59-70-64(69)58-54-50-46-42-38-33-31-20-18-16-14-12-10-8-6-4-2/h52,56,61-62,66-67H,3-51,53-55,57-60H2,1-2H3,(H,65,68)/b56-52+. The van der Waals surface area contributed by atoms with E-state index in [9.17, 15) is 19.8 Å². The highest BCUT2D eigenvalue weighted by Gasteiger charge is 2.18. The Morgan fingerprint density at radius 2 is 0.657 bits per heavy atom. The van der Waals surface area contributed by atoms with Gasteiger partial charge in [0.2, 0.25) is 5.91 Å². The van der Waals surface area contributed by atoms with Crippen molar-refractivity contribution in [1.29, 1.82) is 0 Å². The number of aliphatic hydroxyl groups is 2. The van der Waals surface area contributed by atoms with Crippen LogP contribution >= 0.6 is 0 Å². The highest BCUT2D eigenvalue weighted by atomic mass is 16.5. The number of esters is 1. The van der Waals surface area contributed by atoms with Gasteiger partial charge in [0.1, 0.15) is 0 Å². The highest BCUT2D eigenvalue weighted by Crippen LogP contribution is 2.18. The van der Waals surface area contributed by atoms with Crippen molar-refractivity contribution in [2.24, 2.45) is 0 Å². The molecule has 0 spiro atoms. The van der Waals surface area contributed by atoms with Crippen LogP contribution in [-0.2, 0) is 14.3 Å². The molecule has 0 saturated heterocycles. The lowest BCUT2D eigenvalue weighted by atomic mass is 10.0. The molecule has 0 rings (SSSR count). The van der Waals surface area contributed by atoms with E-state index in [-0.39, 0.29) is 18.5 Å². The van der Waals surface area contributed by atoms with Crippen LogP contribution in [0.3, 0.4) is 0 Å². The molecule has 2 unspecified atom stereocenters. The first kappa shape index (κ1) is 68.6. The molecule has 2 atom stereocenters. The molecule has 0 fully saturated rings. The summed E-state index contributed by atoms with van der Waals surface area (Å²) in [5.74, 6) is -0.0847. The van der Waals surface area contributed by atoms with Crippen molar-refractivity contribution in [1.82, 2.24) is 5.32 Å². The molecule has 0 aromatic rings.